The van der Waals surface area contributed by atoms with Crippen LogP contribution in [0.2, 0.25) is 0 Å². The molecule has 0 amide bonds. The van der Waals surface area contributed by atoms with Gasteiger partial charge in [0.15, 0.2) is 5.92 Å². The van der Waals surface area contributed by atoms with Crippen LogP contribution in [0.25, 0.3) is 0 Å². The molecule has 0 aliphatic rings. The van der Waals surface area contributed by atoms with E-state index in [1.165, 1.54) is 0 Å². The van der Waals surface area contributed by atoms with E-state index in [9.17, 15) is 26.3 Å². The highest BCUT2D eigenvalue weighted by atomic mass is 19.4. The maximum Gasteiger partial charge on any atom is 0.404 e. The van der Waals surface area contributed by atoms with Gasteiger partial charge < -0.3 is 0 Å². The van der Waals surface area contributed by atoms with Gasteiger partial charge >= 0.3 is 12.4 Å². The van der Waals surface area contributed by atoms with Gasteiger partial charge in [-0.05, 0) is 0 Å². The molecule has 2 nitrogen and oxygen atoms in total. The third-order valence-electron chi connectivity index (χ3n) is 1.51. The lowest BCUT2D eigenvalue weighted by molar-refractivity contribution is -0.253. The molecule has 80 valence electrons. The molecule has 1 heterocycles. The molecule has 14 heavy (non-hydrogen) atoms. The van der Waals surface area contributed by atoms with Gasteiger partial charge in [-0.3, -0.25) is 5.10 Å². The Labute approximate surface area is 73.9 Å². The minimum Gasteiger partial charge on any atom is -0.285 e. The maximum absolute atomic E-state index is 12.0. The van der Waals surface area contributed by atoms with Crippen molar-refractivity contribution >= 4 is 0 Å². The Hall–Kier alpha value is -1.21. The Morgan fingerprint density at radius 1 is 1.07 bits per heavy atom. The highest BCUT2D eigenvalue weighted by Crippen LogP contribution is 2.45. The van der Waals surface area contributed by atoms with Crippen LogP contribution in [0.1, 0.15) is 11.5 Å². The minimum absolute atomic E-state index is 0.506. The van der Waals surface area contributed by atoms with E-state index in [0.29, 0.717) is 12.4 Å². The molecule has 0 fully saturated rings. The Bertz CT molecular complexity index is 270. The quantitative estimate of drug-likeness (QED) is 0.721. The minimum atomic E-state index is -5.36. The van der Waals surface area contributed by atoms with Crippen molar-refractivity contribution in [3.8, 4) is 0 Å². The number of hydrogen-bond acceptors (Lipinski definition) is 1. The summed E-state index contributed by atoms with van der Waals surface area (Å²) in [5.41, 5.74) is -0.940. The Morgan fingerprint density at radius 3 is 1.86 bits per heavy atom. The monoisotopic (exact) mass is 218 g/mol. The van der Waals surface area contributed by atoms with Crippen LogP contribution in [0.3, 0.4) is 0 Å². The smallest absolute Gasteiger partial charge is 0.285 e. The van der Waals surface area contributed by atoms with Crippen LogP contribution in [0.15, 0.2) is 12.4 Å². The highest BCUT2D eigenvalue weighted by molar-refractivity contribution is 5.15. The molecule has 0 atom stereocenters. The van der Waals surface area contributed by atoms with Crippen molar-refractivity contribution in [1.82, 2.24) is 10.2 Å². The molecule has 0 spiro atoms. The molecule has 0 bridgehead atoms. The number of halogens is 6. The van der Waals surface area contributed by atoms with Gasteiger partial charge in [-0.2, -0.15) is 31.4 Å². The van der Waals surface area contributed by atoms with E-state index in [1.54, 1.807) is 0 Å². The Balaban J connectivity index is 3.08. The molecule has 0 aliphatic carbocycles. The topological polar surface area (TPSA) is 28.7 Å². The van der Waals surface area contributed by atoms with Gasteiger partial charge in [0.05, 0.1) is 6.20 Å². The van der Waals surface area contributed by atoms with Crippen molar-refractivity contribution in [3.63, 3.8) is 0 Å². The molecule has 0 saturated heterocycles. The highest BCUT2D eigenvalue weighted by Gasteiger charge is 2.57. The van der Waals surface area contributed by atoms with E-state index < -0.39 is 23.8 Å². The van der Waals surface area contributed by atoms with E-state index in [2.05, 4.69) is 5.10 Å². The van der Waals surface area contributed by atoms with Gasteiger partial charge in [0.1, 0.15) is 0 Å². The van der Waals surface area contributed by atoms with Gasteiger partial charge in [-0.15, -0.1) is 0 Å². The summed E-state index contributed by atoms with van der Waals surface area (Å²) in [5, 5.41) is 4.95. The van der Waals surface area contributed by atoms with E-state index in [0.717, 1.165) is 0 Å². The number of nitrogens with one attached hydrogen (secondary N) is 1. The second-order valence-electron chi connectivity index (χ2n) is 2.55. The van der Waals surface area contributed by atoms with Gasteiger partial charge in [0, 0.05) is 11.8 Å². The third kappa shape index (κ3) is 2.18. The van der Waals surface area contributed by atoms with Crippen LogP contribution in [-0.4, -0.2) is 22.5 Å². The molecule has 0 unspecified atom stereocenters. The van der Waals surface area contributed by atoms with Crippen LogP contribution in [0, 0.1) is 0 Å². The van der Waals surface area contributed by atoms with Crippen molar-refractivity contribution in [2.45, 2.75) is 18.3 Å². The molecule has 0 aliphatic heterocycles. The summed E-state index contributed by atoms with van der Waals surface area (Å²) >= 11 is 0. The first kappa shape index (κ1) is 10.9. The molecular weight excluding hydrogens is 214 g/mol. The SMILES string of the molecule is FC(F)(F)C(c1cn[nH]c1)C(F)(F)F. The van der Waals surface area contributed by atoms with E-state index >= 15 is 0 Å². The zero-order valence-electron chi connectivity index (χ0n) is 6.45. The normalized spacial score (nSPS) is 13.6. The first-order valence-corrected chi connectivity index (χ1v) is 3.35. The Morgan fingerprint density at radius 2 is 1.57 bits per heavy atom. The van der Waals surface area contributed by atoms with E-state index in [1.807, 2.05) is 5.10 Å². The van der Waals surface area contributed by atoms with Gasteiger partial charge in [0.2, 0.25) is 0 Å². The summed E-state index contributed by atoms with van der Waals surface area (Å²) in [7, 11) is 0. The largest absolute Gasteiger partial charge is 0.404 e. The fraction of sp³-hybridized carbons (Fsp3) is 0.500. The zero-order valence-corrected chi connectivity index (χ0v) is 6.45. The number of nitrogens with zero attached hydrogens (tertiary/aromatic N) is 1. The summed E-state index contributed by atoms with van der Waals surface area (Å²) < 4.78 is 72.1. The van der Waals surface area contributed by atoms with Crippen molar-refractivity contribution < 1.29 is 26.3 Å². The fourth-order valence-corrected chi connectivity index (χ4v) is 0.982. The van der Waals surface area contributed by atoms with Gasteiger partial charge in [-0.25, -0.2) is 0 Å². The third-order valence-corrected chi connectivity index (χ3v) is 1.51. The lowest BCUT2D eigenvalue weighted by atomic mass is 10.0. The average molecular weight is 218 g/mol. The van der Waals surface area contributed by atoms with Gasteiger partial charge in [0.25, 0.3) is 0 Å². The second-order valence-corrected chi connectivity index (χ2v) is 2.55. The predicted octanol–water partition coefficient (Wildman–Crippen LogP) is 2.62. The predicted molar refractivity (Wildman–Crippen MR) is 33.4 cm³/mol. The van der Waals surface area contributed by atoms with Crippen LogP contribution in [0.5, 0.6) is 0 Å². The molecule has 1 N–H and O–H groups in total. The van der Waals surface area contributed by atoms with Gasteiger partial charge in [-0.1, -0.05) is 0 Å². The number of H-pyrrole nitrogens is 1. The van der Waals surface area contributed by atoms with Crippen LogP contribution >= 0.6 is 0 Å². The molecule has 8 heteroatoms. The number of aromatic amines is 1. The molecule has 0 aromatic carbocycles. The number of aromatic nitrogens is 2. The summed E-state index contributed by atoms with van der Waals surface area (Å²) in [6, 6.07) is 0. The zero-order chi connectivity index (χ0) is 11.0. The number of hydrogen-bond donors (Lipinski definition) is 1. The number of rotatable bonds is 1. The van der Waals surface area contributed by atoms with E-state index in [4.69, 9.17) is 0 Å². The summed E-state index contributed by atoms with van der Waals surface area (Å²) in [6.45, 7) is 0. The van der Waals surface area contributed by atoms with E-state index in [-0.39, 0.29) is 0 Å². The first-order chi connectivity index (χ1) is 6.23. The molecule has 0 saturated carbocycles. The summed E-state index contributed by atoms with van der Waals surface area (Å²) in [6.07, 6.45) is -9.64. The molecule has 1 rings (SSSR count). The summed E-state index contributed by atoms with van der Waals surface area (Å²) in [5.74, 6) is -3.48. The van der Waals surface area contributed by atoms with Crippen molar-refractivity contribution in [2.24, 2.45) is 0 Å². The first-order valence-electron chi connectivity index (χ1n) is 3.35. The fourth-order valence-electron chi connectivity index (χ4n) is 0.982. The lowest BCUT2D eigenvalue weighted by Gasteiger charge is -2.21. The average Bonchev–Trinajstić information content (AvgIpc) is 2.31. The van der Waals surface area contributed by atoms with Crippen LogP contribution in [-0.2, 0) is 0 Å². The second kappa shape index (κ2) is 3.18. The van der Waals surface area contributed by atoms with Crippen LogP contribution in [0.4, 0.5) is 26.3 Å². The maximum atomic E-state index is 12.0. The molecule has 1 aromatic heterocycles. The van der Waals surface area contributed by atoms with Crippen molar-refractivity contribution in [3.05, 3.63) is 18.0 Å². The molecular formula is C6H4F6N2. The number of alkyl halides is 6. The van der Waals surface area contributed by atoms with Crippen molar-refractivity contribution in [2.75, 3.05) is 0 Å². The molecule has 1 aromatic rings. The summed E-state index contributed by atoms with van der Waals surface area (Å²) in [4.78, 5) is 0. The van der Waals surface area contributed by atoms with Crippen molar-refractivity contribution in [1.29, 1.82) is 0 Å². The van der Waals surface area contributed by atoms with Crippen LogP contribution < -0.4 is 0 Å². The lowest BCUT2D eigenvalue weighted by Crippen LogP contribution is -2.33. The molecule has 0 radical (unpaired) electrons. The standard InChI is InChI=1S/C6H4F6N2/c7-5(8,9)4(6(10,11)12)3-1-13-14-2-3/h1-2,4H,(H,13,14). The Kier molecular flexibility index (Phi) is 2.47.